The molecule has 0 saturated carbocycles. The van der Waals surface area contributed by atoms with Gasteiger partial charge >= 0.3 is 28.9 Å². The molecule has 129 heavy (non-hydrogen) atoms. The number of nitrogens with zero attached hydrogens (tertiary/aromatic N) is 14. The number of ether oxygens (including phenoxy) is 5. The summed E-state index contributed by atoms with van der Waals surface area (Å²) in [4.78, 5) is 130. The molecule has 0 atom stereocenters. The van der Waals surface area contributed by atoms with E-state index in [-0.39, 0.29) is 117 Å². The second-order valence-electron chi connectivity index (χ2n) is 31.7. The topological polar surface area (TPSA) is 380 Å². The Morgan fingerprint density at radius 3 is 1.06 bits per heavy atom. The molecular weight excluding hydrogens is 1710 g/mol. The molecule has 0 radical (unpaired) electrons. The van der Waals surface area contributed by atoms with E-state index in [4.69, 9.17) is 47.3 Å². The fraction of sp³-hybridized carbons (Fsp3) is 0.340. The minimum atomic E-state index is -3.35. The first-order valence-corrected chi connectivity index (χ1v) is 42.6. The molecular formula is C94H102Cl2F2N14O17. The molecule has 31 nitrogen and oxygen atoms in total. The molecule has 10 heterocycles. The number of halogens is 4. The largest absolute Gasteiger partial charge is 0.455 e. The van der Waals surface area contributed by atoms with Gasteiger partial charge in [0.1, 0.15) is 74.3 Å². The van der Waals surface area contributed by atoms with Crippen molar-refractivity contribution >= 4 is 67.3 Å². The van der Waals surface area contributed by atoms with Gasteiger partial charge < -0.3 is 44.1 Å². The van der Waals surface area contributed by atoms with Crippen LogP contribution in [0.5, 0.6) is 51.7 Å². The van der Waals surface area contributed by atoms with E-state index < -0.39 is 45.5 Å². The number of benzene rings is 4. The number of hydrogen-bond donors (Lipinski definition) is 4. The van der Waals surface area contributed by atoms with Crippen LogP contribution in [0.2, 0.25) is 10.0 Å². The molecule has 0 aliphatic heterocycles. The van der Waals surface area contributed by atoms with Gasteiger partial charge in [0.05, 0.1) is 58.7 Å². The Labute approximate surface area is 748 Å². The lowest BCUT2D eigenvalue weighted by Gasteiger charge is -2.17. The molecule has 4 N–H and O–H groups in total. The first kappa shape index (κ1) is 96.5. The third-order valence-electron chi connectivity index (χ3n) is 20.9. The number of aliphatic hydroxyl groups is 4. The van der Waals surface area contributed by atoms with Gasteiger partial charge in [0.15, 0.2) is 0 Å². The molecule has 0 aliphatic rings. The van der Waals surface area contributed by atoms with Gasteiger partial charge in [0, 0.05) is 151 Å². The van der Waals surface area contributed by atoms with Crippen molar-refractivity contribution in [3.05, 3.63) is 303 Å². The van der Waals surface area contributed by atoms with Crippen molar-refractivity contribution in [2.24, 2.45) is 40.0 Å². The summed E-state index contributed by atoms with van der Waals surface area (Å²) in [6, 6.07) is 33.4. The number of pyridine rings is 6. The summed E-state index contributed by atoms with van der Waals surface area (Å²) in [6.07, 6.45) is 13.8. The van der Waals surface area contributed by atoms with Crippen LogP contribution in [0.4, 0.5) is 8.78 Å². The fourth-order valence-corrected chi connectivity index (χ4v) is 14.6. The van der Waals surface area contributed by atoms with Crippen LogP contribution >= 0.6 is 23.2 Å². The quantitative estimate of drug-likeness (QED) is 0.0304. The highest BCUT2D eigenvalue weighted by Gasteiger charge is 2.28. The monoisotopic (exact) mass is 1810 g/mol. The highest BCUT2D eigenvalue weighted by atomic mass is 35.5. The SMILES string of the molecule is CC(C)CCc1c(Oc2cccc(OC(C)(F)F)c2)cnc2c1c(=O)n(CCCO)c(=O)n2C.Cc1cccc(Oc2cnc3c(c2CCC(C)C)c(=O)n(CCCO)c(=O)n3C)c1.Cc1cncc(Oc2cnc3c(c2Cc2ccc(Cl)cc2)c(=O)n(CCCO)c(=O)n3C)c1.Cn1c(=O)n(CCCO)c(=O)c2c(Cc3ccc(Cl)cc3)c(Oc3cccnc3)cnc21. The van der Waals surface area contributed by atoms with Crippen molar-refractivity contribution in [3.8, 4) is 51.7 Å². The van der Waals surface area contributed by atoms with Crippen LogP contribution in [-0.2, 0) is 80.1 Å². The first-order valence-electron chi connectivity index (χ1n) is 41.9. The number of aliphatic hydroxyl groups excluding tert-OH is 4. The number of rotatable bonds is 32. The van der Waals surface area contributed by atoms with Crippen molar-refractivity contribution < 1.29 is 52.9 Å². The zero-order valence-corrected chi connectivity index (χ0v) is 74.9. The predicted octanol–water partition coefficient (Wildman–Crippen LogP) is 13.1. The lowest BCUT2D eigenvalue weighted by atomic mass is 10.0. The summed E-state index contributed by atoms with van der Waals surface area (Å²) >= 11 is 12.1. The minimum absolute atomic E-state index is 0.0667. The highest BCUT2D eigenvalue weighted by Crippen LogP contribution is 2.37. The van der Waals surface area contributed by atoms with Gasteiger partial charge in [0.25, 0.3) is 22.2 Å². The van der Waals surface area contributed by atoms with Crippen molar-refractivity contribution in [3.63, 3.8) is 0 Å². The van der Waals surface area contributed by atoms with E-state index in [0.29, 0.717) is 134 Å². The second-order valence-corrected chi connectivity index (χ2v) is 32.5. The number of aryl methyl sites for hydroxylation is 8. The Bertz CT molecular complexity index is 6870. The zero-order chi connectivity index (χ0) is 93.1. The van der Waals surface area contributed by atoms with E-state index in [2.05, 4.69) is 48.5 Å². The fourth-order valence-electron chi connectivity index (χ4n) is 14.3. The van der Waals surface area contributed by atoms with Gasteiger partial charge in [-0.05, 0) is 166 Å². The average Bonchev–Trinajstić information content (AvgIpc) is 0.746. The molecule has 0 amide bonds. The normalized spacial score (nSPS) is 11.4. The summed E-state index contributed by atoms with van der Waals surface area (Å²) in [5.41, 5.74) is 3.70. The molecule has 0 aliphatic carbocycles. The summed E-state index contributed by atoms with van der Waals surface area (Å²) in [6.45, 7) is 12.8. The molecule has 0 saturated heterocycles. The Hall–Kier alpha value is -13.2. The van der Waals surface area contributed by atoms with E-state index >= 15 is 0 Å². The first-order chi connectivity index (χ1) is 61.7. The number of aromatic nitrogens is 14. The molecule has 4 aromatic carbocycles. The van der Waals surface area contributed by atoms with E-state index in [1.54, 1.807) is 94.6 Å². The van der Waals surface area contributed by atoms with Crippen molar-refractivity contribution in [2.75, 3.05) is 26.4 Å². The average molecular weight is 1810 g/mol. The van der Waals surface area contributed by atoms with Crippen LogP contribution in [0.3, 0.4) is 0 Å². The van der Waals surface area contributed by atoms with Gasteiger partial charge in [-0.3, -0.25) is 65.7 Å². The molecule has 678 valence electrons. The molecule has 0 spiro atoms. The Kier molecular flexibility index (Phi) is 32.9. The Morgan fingerprint density at radius 2 is 0.713 bits per heavy atom. The molecule has 10 aromatic heterocycles. The van der Waals surface area contributed by atoms with E-state index in [9.17, 15) is 62.5 Å². The lowest BCUT2D eigenvalue weighted by Crippen LogP contribution is -2.40. The second kappa shape index (κ2) is 44.0. The predicted molar refractivity (Wildman–Crippen MR) is 489 cm³/mol. The van der Waals surface area contributed by atoms with Gasteiger partial charge in [-0.15, -0.1) is 0 Å². The van der Waals surface area contributed by atoms with Gasteiger partial charge in [-0.25, -0.2) is 39.1 Å². The highest BCUT2D eigenvalue weighted by molar-refractivity contribution is 6.30. The standard InChI is InChI=1S/C24H23ClN4O4.C24H29F2N3O5.C23H21ClN4O4.C23H29N3O4/c1-15-10-18(13-26-12-15)33-20-14-27-22-21(19(20)11-16-4-6-17(25)7-5-16)23(31)29(8-3-9-30)24(32)28(22)2;1-15(2)9-10-18-19(33-16-7-5-8-17(13-16)34-24(3,25)26)14-27-21-20(18)22(31)29(11-6-12-30)23(32)28(21)4;1-27-21-20(22(30)28(23(27)31)10-3-11-29)18(12-15-5-7-16(24)8-6-15)19(14-26-21)32-17-4-2-9-25-13-17;1-15(2)9-10-18-19(30-17-8-5-7-16(3)13-17)14-24-21-20(18)22(28)26(11-6-12-27)23(29)25(21)4/h4-7,10,12-14,30H,3,8-9,11H2,1-2H3;5,7-8,13-15,30H,6,9-12H2,1-4H3;2,4-9,13-14,29H,3,10-12H2,1H3;5,7-8,13-15,27H,6,9-12H2,1-4H3. The van der Waals surface area contributed by atoms with Gasteiger partial charge in [-0.2, -0.15) is 8.78 Å². The van der Waals surface area contributed by atoms with E-state index in [1.807, 2.05) is 82.3 Å². The van der Waals surface area contributed by atoms with Crippen LogP contribution in [0, 0.1) is 25.7 Å². The lowest BCUT2D eigenvalue weighted by molar-refractivity contribution is -0.159. The number of alkyl halides is 2. The maximum Gasteiger partial charge on any atom is 0.394 e. The smallest absolute Gasteiger partial charge is 0.394 e. The Morgan fingerprint density at radius 1 is 0.388 bits per heavy atom. The van der Waals surface area contributed by atoms with Crippen LogP contribution in [-0.4, -0.2) is 119 Å². The molecule has 0 unspecified atom stereocenters. The summed E-state index contributed by atoms with van der Waals surface area (Å²) in [5.74, 6) is 4.21. The van der Waals surface area contributed by atoms with Crippen LogP contribution in [0.25, 0.3) is 44.1 Å². The minimum Gasteiger partial charge on any atom is -0.455 e. The van der Waals surface area contributed by atoms with Gasteiger partial charge in [-0.1, -0.05) is 93.4 Å². The maximum atomic E-state index is 13.5. The molecule has 14 rings (SSSR count). The van der Waals surface area contributed by atoms with Crippen LogP contribution < -0.4 is 68.7 Å². The number of fused-ring (bicyclic) bond motifs is 4. The third-order valence-corrected chi connectivity index (χ3v) is 21.4. The number of hydrogen-bond acceptors (Lipinski definition) is 23. The molecule has 0 fully saturated rings. The van der Waals surface area contributed by atoms with Gasteiger partial charge in [0.2, 0.25) is 0 Å². The Balaban J connectivity index is 0.000000167. The zero-order valence-electron chi connectivity index (χ0n) is 73.3. The third kappa shape index (κ3) is 23.8. The molecule has 35 heteroatoms. The summed E-state index contributed by atoms with van der Waals surface area (Å²) in [5, 5.41) is 39.2. The summed E-state index contributed by atoms with van der Waals surface area (Å²) in [7, 11) is 6.29. The molecule has 0 bridgehead atoms. The van der Waals surface area contributed by atoms with Crippen LogP contribution in [0.15, 0.2) is 203 Å². The van der Waals surface area contributed by atoms with Crippen molar-refractivity contribution in [1.82, 2.24) is 66.4 Å². The van der Waals surface area contributed by atoms with Crippen LogP contribution in [0.1, 0.15) is 118 Å². The maximum absolute atomic E-state index is 13.5. The molecule has 14 aromatic rings. The summed E-state index contributed by atoms with van der Waals surface area (Å²) < 4.78 is 65.3. The van der Waals surface area contributed by atoms with Crippen molar-refractivity contribution in [2.45, 2.75) is 145 Å². The van der Waals surface area contributed by atoms with E-state index in [1.165, 1.54) is 66.7 Å². The van der Waals surface area contributed by atoms with Crippen molar-refractivity contribution in [1.29, 1.82) is 0 Å². The van der Waals surface area contributed by atoms with E-state index in [0.717, 1.165) is 54.4 Å².